The van der Waals surface area contributed by atoms with Gasteiger partial charge in [-0.15, -0.1) is 0 Å². The third-order valence-corrected chi connectivity index (χ3v) is 3.30. The Hall–Kier alpha value is -1.75. The molecule has 0 aliphatic carbocycles. The summed E-state index contributed by atoms with van der Waals surface area (Å²) < 4.78 is 38.7. The minimum atomic E-state index is -4.63. The quantitative estimate of drug-likeness (QED) is 0.867. The molecule has 4 nitrogen and oxygen atoms in total. The maximum absolute atomic E-state index is 12.9. The maximum Gasteiger partial charge on any atom is 0.417 e. The van der Waals surface area contributed by atoms with Crippen molar-refractivity contribution in [2.45, 2.75) is 38.0 Å². The van der Waals surface area contributed by atoms with Gasteiger partial charge < -0.3 is 5.32 Å². The number of alkyl halides is 3. The van der Waals surface area contributed by atoms with E-state index in [1.165, 1.54) is 13.0 Å². The second-order valence-electron chi connectivity index (χ2n) is 4.61. The lowest BCUT2D eigenvalue weighted by atomic mass is 10.1. The molecule has 0 fully saturated rings. The van der Waals surface area contributed by atoms with Crippen LogP contribution < -0.4 is 5.32 Å². The number of hydrogen-bond donors (Lipinski definition) is 1. The molecule has 0 spiro atoms. The normalized spacial score (nSPS) is 11.3. The minimum absolute atomic E-state index is 0.0651. The average Bonchev–Trinajstić information content (AvgIpc) is 2.33. The van der Waals surface area contributed by atoms with Crippen molar-refractivity contribution in [3.8, 4) is 6.07 Å². The number of halogens is 3. The summed E-state index contributed by atoms with van der Waals surface area (Å²) in [4.78, 5) is 15.5. The fraction of sp³-hybridized carbons (Fsp3) is 0.462. The van der Waals surface area contributed by atoms with Gasteiger partial charge in [-0.1, -0.05) is 11.8 Å². The third kappa shape index (κ3) is 4.93. The van der Waals surface area contributed by atoms with E-state index in [-0.39, 0.29) is 28.4 Å². The van der Waals surface area contributed by atoms with Crippen molar-refractivity contribution in [2.24, 2.45) is 0 Å². The number of nitrogens with zero attached hydrogens (tertiary/aromatic N) is 2. The van der Waals surface area contributed by atoms with Gasteiger partial charge in [-0.3, -0.25) is 4.79 Å². The average molecular weight is 317 g/mol. The van der Waals surface area contributed by atoms with Crippen LogP contribution in [0.15, 0.2) is 11.1 Å². The zero-order valence-electron chi connectivity index (χ0n) is 11.7. The van der Waals surface area contributed by atoms with Crippen molar-refractivity contribution < 1.29 is 18.0 Å². The fourth-order valence-corrected chi connectivity index (χ4v) is 2.44. The summed E-state index contributed by atoms with van der Waals surface area (Å²) in [5.74, 6) is -0.420. The molecule has 0 saturated heterocycles. The maximum atomic E-state index is 12.9. The van der Waals surface area contributed by atoms with Gasteiger partial charge in [0.1, 0.15) is 11.1 Å². The molecular formula is C13H14F3N3OS. The zero-order chi connectivity index (χ0) is 16.2. The number of amides is 1. The van der Waals surface area contributed by atoms with E-state index < -0.39 is 17.3 Å². The Kier molecular flexibility index (Phi) is 5.61. The molecular weight excluding hydrogens is 303 g/mol. The molecule has 1 aromatic rings. The van der Waals surface area contributed by atoms with Crippen LogP contribution in [0.2, 0.25) is 0 Å². The first-order valence-corrected chi connectivity index (χ1v) is 7.04. The molecule has 1 rings (SSSR count). The molecule has 0 radical (unpaired) electrons. The first-order valence-electron chi connectivity index (χ1n) is 6.06. The van der Waals surface area contributed by atoms with Gasteiger partial charge in [0.15, 0.2) is 0 Å². The van der Waals surface area contributed by atoms with Crippen LogP contribution in [0.4, 0.5) is 13.2 Å². The third-order valence-electron chi connectivity index (χ3n) is 2.32. The summed E-state index contributed by atoms with van der Waals surface area (Å²) in [7, 11) is 0. The number of aromatic nitrogens is 1. The lowest BCUT2D eigenvalue weighted by molar-refractivity contribution is -0.138. The van der Waals surface area contributed by atoms with E-state index in [1.54, 1.807) is 13.8 Å². The summed E-state index contributed by atoms with van der Waals surface area (Å²) in [5, 5.41) is 11.5. The van der Waals surface area contributed by atoms with E-state index >= 15 is 0 Å². The van der Waals surface area contributed by atoms with Gasteiger partial charge >= 0.3 is 6.18 Å². The smallest absolute Gasteiger partial charge is 0.353 e. The van der Waals surface area contributed by atoms with Crippen LogP contribution in [0, 0.1) is 18.3 Å². The van der Waals surface area contributed by atoms with Gasteiger partial charge in [0, 0.05) is 11.7 Å². The molecule has 0 aliphatic rings. The lowest BCUT2D eigenvalue weighted by Gasteiger charge is -2.13. The molecule has 0 bridgehead atoms. The fourth-order valence-electron chi connectivity index (χ4n) is 1.58. The van der Waals surface area contributed by atoms with E-state index in [4.69, 9.17) is 5.26 Å². The van der Waals surface area contributed by atoms with Crippen LogP contribution in [-0.4, -0.2) is 22.7 Å². The Morgan fingerprint density at radius 1 is 1.52 bits per heavy atom. The van der Waals surface area contributed by atoms with E-state index in [0.717, 1.165) is 17.8 Å². The highest BCUT2D eigenvalue weighted by molar-refractivity contribution is 8.00. The number of aryl methyl sites for hydroxylation is 1. The van der Waals surface area contributed by atoms with Gasteiger partial charge in [-0.2, -0.15) is 18.4 Å². The van der Waals surface area contributed by atoms with Crippen molar-refractivity contribution in [1.29, 1.82) is 5.26 Å². The van der Waals surface area contributed by atoms with Gasteiger partial charge in [-0.05, 0) is 26.8 Å². The highest BCUT2D eigenvalue weighted by Gasteiger charge is 2.35. The predicted molar refractivity (Wildman–Crippen MR) is 72.7 cm³/mol. The number of carbonyl (C=O) groups is 1. The Balaban J connectivity index is 3.05. The summed E-state index contributed by atoms with van der Waals surface area (Å²) in [6.07, 6.45) is -4.63. The molecule has 1 aromatic heterocycles. The molecule has 1 heterocycles. The molecule has 0 atom stereocenters. The van der Waals surface area contributed by atoms with Crippen LogP contribution in [0.1, 0.15) is 30.7 Å². The van der Waals surface area contributed by atoms with Crippen molar-refractivity contribution in [3.63, 3.8) is 0 Å². The SMILES string of the molecule is Cc1cc(C(F)(F)F)c(C#N)c(SCC(=O)NC(C)C)n1. The molecule has 0 unspecified atom stereocenters. The first-order chi connectivity index (χ1) is 9.65. The number of nitriles is 1. The van der Waals surface area contributed by atoms with Crippen LogP contribution >= 0.6 is 11.8 Å². The molecule has 21 heavy (non-hydrogen) atoms. The molecule has 1 amide bonds. The number of hydrogen-bond acceptors (Lipinski definition) is 4. The largest absolute Gasteiger partial charge is 0.417 e. The van der Waals surface area contributed by atoms with Crippen LogP contribution in [-0.2, 0) is 11.0 Å². The molecule has 114 valence electrons. The van der Waals surface area contributed by atoms with E-state index in [1.807, 2.05) is 0 Å². The first kappa shape index (κ1) is 17.3. The monoisotopic (exact) mass is 317 g/mol. The Morgan fingerprint density at radius 3 is 2.62 bits per heavy atom. The van der Waals surface area contributed by atoms with Crippen molar-refractivity contribution in [3.05, 3.63) is 22.9 Å². The lowest BCUT2D eigenvalue weighted by Crippen LogP contribution is -2.31. The van der Waals surface area contributed by atoms with E-state index in [9.17, 15) is 18.0 Å². The highest BCUT2D eigenvalue weighted by Crippen LogP contribution is 2.35. The molecule has 8 heteroatoms. The van der Waals surface area contributed by atoms with Crippen molar-refractivity contribution in [1.82, 2.24) is 10.3 Å². The number of rotatable bonds is 4. The Bertz CT molecular complexity index is 579. The molecule has 0 aliphatic heterocycles. The van der Waals surface area contributed by atoms with Crippen LogP contribution in [0.25, 0.3) is 0 Å². The Morgan fingerprint density at radius 2 is 2.14 bits per heavy atom. The van der Waals surface area contributed by atoms with E-state index in [0.29, 0.717) is 0 Å². The summed E-state index contributed by atoms with van der Waals surface area (Å²) in [6, 6.07) is 2.29. The number of thioether (sulfide) groups is 1. The molecule has 0 aromatic carbocycles. The van der Waals surface area contributed by atoms with Gasteiger partial charge in [0.2, 0.25) is 5.91 Å². The van der Waals surface area contributed by atoms with E-state index in [2.05, 4.69) is 10.3 Å². The van der Waals surface area contributed by atoms with Crippen molar-refractivity contribution in [2.75, 3.05) is 5.75 Å². The van der Waals surface area contributed by atoms with Crippen LogP contribution in [0.3, 0.4) is 0 Å². The Labute approximate surface area is 124 Å². The second-order valence-corrected chi connectivity index (χ2v) is 5.58. The number of nitrogens with one attached hydrogen (secondary N) is 1. The summed E-state index contributed by atoms with van der Waals surface area (Å²) in [6.45, 7) is 4.96. The van der Waals surface area contributed by atoms with Crippen molar-refractivity contribution >= 4 is 17.7 Å². The topological polar surface area (TPSA) is 65.8 Å². The van der Waals surface area contributed by atoms with Gasteiger partial charge in [-0.25, -0.2) is 4.98 Å². The molecule has 0 saturated carbocycles. The predicted octanol–water partition coefficient (Wildman–Crippen LogP) is 2.90. The zero-order valence-corrected chi connectivity index (χ0v) is 12.5. The summed E-state index contributed by atoms with van der Waals surface area (Å²) >= 11 is 0.821. The second kappa shape index (κ2) is 6.80. The number of carbonyl (C=O) groups excluding carboxylic acids is 1. The van der Waals surface area contributed by atoms with Gasteiger partial charge in [0.05, 0.1) is 16.9 Å². The standard InChI is InChI=1S/C13H14F3N3OS/c1-7(2)18-11(20)6-21-12-9(5-17)10(13(14,15)16)4-8(3)19-12/h4,7H,6H2,1-3H3,(H,18,20). The number of pyridine rings is 1. The highest BCUT2D eigenvalue weighted by atomic mass is 32.2. The van der Waals surface area contributed by atoms with Crippen LogP contribution in [0.5, 0.6) is 0 Å². The van der Waals surface area contributed by atoms with Gasteiger partial charge in [0.25, 0.3) is 0 Å². The minimum Gasteiger partial charge on any atom is -0.353 e. The summed E-state index contributed by atoms with van der Waals surface area (Å²) in [5.41, 5.74) is -1.42. The molecule has 1 N–H and O–H groups in total.